The molecule has 0 spiro atoms. The second-order valence-corrected chi connectivity index (χ2v) is 9.91. The molecule has 12 heteroatoms. The van der Waals surface area contributed by atoms with Crippen LogP contribution in [0, 0.1) is 6.57 Å². The Hall–Kier alpha value is -4.53. The van der Waals surface area contributed by atoms with Gasteiger partial charge in [0.25, 0.3) is 15.9 Å². The van der Waals surface area contributed by atoms with E-state index >= 15 is 0 Å². The lowest BCUT2D eigenvalue weighted by molar-refractivity contribution is -0.139. The molecule has 37 heavy (non-hydrogen) atoms. The standard InChI is InChI=1S/C25H18ClN5O5S/c1-27-17-5-2-4-15(12-17)13-21(25(33)34)30-24(32)18-9-8-16(26)14-20(18)31-37(35,36)22-7-3-6-19-23(22)29-11-10-28-19/h2-12,14,21,31H,13H2,(H,30,32)(H,33,34)/t21-/m0/s1. The minimum Gasteiger partial charge on any atom is -0.480 e. The fourth-order valence-corrected chi connectivity index (χ4v) is 5.02. The first-order chi connectivity index (χ1) is 17.7. The van der Waals surface area contributed by atoms with Crippen LogP contribution in [0.15, 0.2) is 78.0 Å². The number of hydrogen-bond acceptors (Lipinski definition) is 6. The Morgan fingerprint density at radius 2 is 1.81 bits per heavy atom. The molecule has 4 aromatic rings. The maximum Gasteiger partial charge on any atom is 0.326 e. The predicted molar refractivity (Wildman–Crippen MR) is 137 cm³/mol. The first-order valence-electron chi connectivity index (χ1n) is 10.7. The summed E-state index contributed by atoms with van der Waals surface area (Å²) < 4.78 is 28.9. The predicted octanol–water partition coefficient (Wildman–Crippen LogP) is 4.06. The van der Waals surface area contributed by atoms with Crippen LogP contribution in [0.2, 0.25) is 5.02 Å². The molecule has 0 radical (unpaired) electrons. The van der Waals surface area contributed by atoms with Crippen molar-refractivity contribution in [3.8, 4) is 0 Å². The number of aromatic nitrogens is 2. The normalized spacial score (nSPS) is 11.9. The highest BCUT2D eigenvalue weighted by Crippen LogP contribution is 2.27. The average Bonchev–Trinajstić information content (AvgIpc) is 2.87. The highest BCUT2D eigenvalue weighted by atomic mass is 35.5. The maximum atomic E-state index is 13.3. The van der Waals surface area contributed by atoms with Gasteiger partial charge in [-0.2, -0.15) is 0 Å². The molecule has 186 valence electrons. The van der Waals surface area contributed by atoms with E-state index in [1.807, 2.05) is 0 Å². The van der Waals surface area contributed by atoms with Crippen LogP contribution in [0.1, 0.15) is 15.9 Å². The van der Waals surface area contributed by atoms with Gasteiger partial charge in [0.15, 0.2) is 5.69 Å². The Labute approximate surface area is 216 Å². The quantitative estimate of drug-likeness (QED) is 0.289. The number of aliphatic carboxylic acids is 1. The molecule has 0 aliphatic carbocycles. The van der Waals surface area contributed by atoms with E-state index in [2.05, 4.69) is 24.9 Å². The molecule has 0 saturated heterocycles. The number of nitrogens with zero attached hydrogens (tertiary/aromatic N) is 3. The van der Waals surface area contributed by atoms with E-state index in [1.54, 1.807) is 24.3 Å². The molecule has 4 rings (SSSR count). The molecule has 0 saturated carbocycles. The van der Waals surface area contributed by atoms with Crippen LogP contribution < -0.4 is 10.0 Å². The molecule has 10 nitrogen and oxygen atoms in total. The number of sulfonamides is 1. The van der Waals surface area contributed by atoms with Gasteiger partial charge in [0.05, 0.1) is 23.3 Å². The number of carbonyl (C=O) groups is 2. The zero-order chi connectivity index (χ0) is 26.6. The number of anilines is 1. The van der Waals surface area contributed by atoms with Crippen LogP contribution in [0.4, 0.5) is 11.4 Å². The summed E-state index contributed by atoms with van der Waals surface area (Å²) >= 11 is 6.08. The number of para-hydroxylation sites is 1. The lowest BCUT2D eigenvalue weighted by Crippen LogP contribution is -2.42. The van der Waals surface area contributed by atoms with Gasteiger partial charge in [-0.05, 0) is 30.3 Å². The monoisotopic (exact) mass is 535 g/mol. The van der Waals surface area contributed by atoms with Crippen molar-refractivity contribution in [3.05, 3.63) is 101 Å². The third kappa shape index (κ3) is 5.83. The Morgan fingerprint density at radius 1 is 1.05 bits per heavy atom. The first-order valence-corrected chi connectivity index (χ1v) is 12.6. The van der Waals surface area contributed by atoms with Gasteiger partial charge in [0.2, 0.25) is 0 Å². The Balaban J connectivity index is 1.64. The number of carbonyl (C=O) groups excluding carboxylic acids is 1. The first kappa shape index (κ1) is 25.6. The molecule has 3 aromatic carbocycles. The number of nitrogens with one attached hydrogen (secondary N) is 2. The highest BCUT2D eigenvalue weighted by Gasteiger charge is 2.25. The van der Waals surface area contributed by atoms with Gasteiger partial charge < -0.3 is 10.4 Å². The van der Waals surface area contributed by atoms with Gasteiger partial charge in [-0.3, -0.25) is 19.5 Å². The highest BCUT2D eigenvalue weighted by molar-refractivity contribution is 7.93. The van der Waals surface area contributed by atoms with Crippen LogP contribution in [-0.2, 0) is 21.2 Å². The molecular formula is C25H18ClN5O5S. The SMILES string of the molecule is [C-]#[N+]c1cccc(C[C@H](NC(=O)c2ccc(Cl)cc2NS(=O)(=O)c2cccc3nccnc23)C(=O)O)c1. The van der Waals surface area contributed by atoms with Crippen LogP contribution in [0.3, 0.4) is 0 Å². The summed E-state index contributed by atoms with van der Waals surface area (Å²) in [6.07, 6.45) is 2.70. The van der Waals surface area contributed by atoms with Gasteiger partial charge in [0, 0.05) is 23.8 Å². The molecular weight excluding hydrogens is 518 g/mol. The third-order valence-electron chi connectivity index (χ3n) is 5.30. The fraction of sp³-hybridized carbons (Fsp3) is 0.0800. The van der Waals surface area contributed by atoms with Crippen molar-refractivity contribution in [2.75, 3.05) is 4.72 Å². The molecule has 0 aliphatic rings. The number of fused-ring (bicyclic) bond motifs is 1. The van der Waals surface area contributed by atoms with Crippen molar-refractivity contribution in [3.63, 3.8) is 0 Å². The average molecular weight is 536 g/mol. The van der Waals surface area contributed by atoms with Crippen molar-refractivity contribution in [1.82, 2.24) is 15.3 Å². The van der Waals surface area contributed by atoms with Crippen molar-refractivity contribution in [2.45, 2.75) is 17.4 Å². The summed E-state index contributed by atoms with van der Waals surface area (Å²) in [6, 6.07) is 13.4. The van der Waals surface area contributed by atoms with Crippen molar-refractivity contribution in [1.29, 1.82) is 0 Å². The van der Waals surface area contributed by atoms with Gasteiger partial charge >= 0.3 is 5.97 Å². The van der Waals surface area contributed by atoms with Crippen LogP contribution in [0.25, 0.3) is 15.9 Å². The topological polar surface area (TPSA) is 143 Å². The van der Waals surface area contributed by atoms with Crippen molar-refractivity contribution in [2.24, 2.45) is 0 Å². The Morgan fingerprint density at radius 3 is 2.57 bits per heavy atom. The summed E-state index contributed by atoms with van der Waals surface area (Å²) in [6.45, 7) is 7.12. The summed E-state index contributed by atoms with van der Waals surface area (Å²) in [5.74, 6) is -2.13. The van der Waals surface area contributed by atoms with E-state index in [1.165, 1.54) is 48.8 Å². The Bertz CT molecular complexity index is 1660. The summed E-state index contributed by atoms with van der Waals surface area (Å²) in [7, 11) is -4.25. The number of hydrogen-bond donors (Lipinski definition) is 3. The van der Waals surface area contributed by atoms with Gasteiger partial charge in [-0.25, -0.2) is 18.1 Å². The van der Waals surface area contributed by atoms with E-state index < -0.39 is 27.9 Å². The molecule has 3 N–H and O–H groups in total. The van der Waals surface area contributed by atoms with E-state index in [0.29, 0.717) is 16.8 Å². The molecule has 0 aliphatic heterocycles. The number of amides is 1. The molecule has 1 amide bonds. The molecule has 0 unspecified atom stereocenters. The lowest BCUT2D eigenvalue weighted by atomic mass is 10.0. The summed E-state index contributed by atoms with van der Waals surface area (Å²) in [4.78, 5) is 36.4. The smallest absolute Gasteiger partial charge is 0.326 e. The zero-order valence-corrected chi connectivity index (χ0v) is 20.5. The molecule has 1 heterocycles. The molecule has 1 aromatic heterocycles. The minimum atomic E-state index is -4.25. The lowest BCUT2D eigenvalue weighted by Gasteiger charge is -2.17. The fourth-order valence-electron chi connectivity index (χ4n) is 3.61. The number of carboxylic acids is 1. The number of benzene rings is 3. The van der Waals surface area contributed by atoms with Crippen LogP contribution in [-0.4, -0.2) is 41.4 Å². The van der Waals surface area contributed by atoms with Crippen molar-refractivity contribution >= 4 is 55.9 Å². The van der Waals surface area contributed by atoms with E-state index in [-0.39, 0.29) is 33.1 Å². The van der Waals surface area contributed by atoms with Gasteiger partial charge in [-0.15, -0.1) is 0 Å². The van der Waals surface area contributed by atoms with Gasteiger partial charge in [-0.1, -0.05) is 47.5 Å². The number of rotatable bonds is 8. The second-order valence-electron chi connectivity index (χ2n) is 7.83. The maximum absolute atomic E-state index is 13.3. The van der Waals surface area contributed by atoms with Crippen LogP contribution in [0.5, 0.6) is 0 Å². The molecule has 0 bridgehead atoms. The van der Waals surface area contributed by atoms with Crippen LogP contribution >= 0.6 is 11.6 Å². The van der Waals surface area contributed by atoms with E-state index in [0.717, 1.165) is 0 Å². The summed E-state index contributed by atoms with van der Waals surface area (Å²) in [5, 5.41) is 12.3. The van der Waals surface area contributed by atoms with Crippen molar-refractivity contribution < 1.29 is 23.1 Å². The largest absolute Gasteiger partial charge is 0.480 e. The number of carboxylic acid groups (broad SMARTS) is 1. The second kappa shape index (κ2) is 10.6. The third-order valence-corrected chi connectivity index (χ3v) is 6.94. The molecule has 1 atom stereocenters. The van der Waals surface area contributed by atoms with E-state index in [9.17, 15) is 23.1 Å². The Kier molecular flexibility index (Phi) is 7.33. The minimum absolute atomic E-state index is 0.0895. The van der Waals surface area contributed by atoms with E-state index in [4.69, 9.17) is 18.2 Å². The number of halogens is 1. The summed E-state index contributed by atoms with van der Waals surface area (Å²) in [5.41, 5.74) is 1.08. The van der Waals surface area contributed by atoms with Gasteiger partial charge in [0.1, 0.15) is 16.5 Å². The molecule has 0 fully saturated rings. The zero-order valence-electron chi connectivity index (χ0n) is 18.9.